The first-order chi connectivity index (χ1) is 13.6. The Morgan fingerprint density at radius 1 is 0.857 bits per heavy atom. The number of amides is 2. The van der Waals surface area contributed by atoms with Gasteiger partial charge in [-0.05, 0) is 53.9 Å². The van der Waals surface area contributed by atoms with E-state index >= 15 is 0 Å². The minimum absolute atomic E-state index is 0.0645. The lowest BCUT2D eigenvalue weighted by Gasteiger charge is -2.17. The highest BCUT2D eigenvalue weighted by atomic mass is 16.2. The predicted molar refractivity (Wildman–Crippen MR) is 109 cm³/mol. The number of pyridine rings is 1. The van der Waals surface area contributed by atoms with Crippen molar-refractivity contribution in [3.05, 3.63) is 101 Å². The van der Waals surface area contributed by atoms with Gasteiger partial charge in [-0.2, -0.15) is 0 Å². The van der Waals surface area contributed by atoms with Crippen molar-refractivity contribution in [1.29, 1.82) is 0 Å². The Labute approximate surface area is 165 Å². The Morgan fingerprint density at radius 3 is 2.18 bits per heavy atom. The highest BCUT2D eigenvalue weighted by Crippen LogP contribution is 2.09. The summed E-state index contributed by atoms with van der Waals surface area (Å²) in [6.45, 7) is 1.08. The number of carbonyl (C=O) groups is 2. The second-order valence-corrected chi connectivity index (χ2v) is 6.58. The van der Waals surface area contributed by atoms with Crippen LogP contribution < -0.4 is 5.32 Å². The molecule has 2 aromatic carbocycles. The van der Waals surface area contributed by atoms with Crippen LogP contribution in [-0.2, 0) is 13.0 Å². The van der Waals surface area contributed by atoms with Gasteiger partial charge in [0.1, 0.15) is 0 Å². The molecule has 28 heavy (non-hydrogen) atoms. The van der Waals surface area contributed by atoms with Gasteiger partial charge in [-0.3, -0.25) is 14.6 Å². The molecule has 3 aromatic rings. The van der Waals surface area contributed by atoms with Crippen LogP contribution in [0.2, 0.25) is 0 Å². The largest absolute Gasteiger partial charge is 0.348 e. The highest BCUT2D eigenvalue weighted by molar-refractivity contribution is 5.97. The molecule has 2 amide bonds. The third-order valence-corrected chi connectivity index (χ3v) is 4.52. The molecule has 1 N–H and O–H groups in total. The van der Waals surface area contributed by atoms with E-state index in [0.29, 0.717) is 24.2 Å². The van der Waals surface area contributed by atoms with E-state index < -0.39 is 0 Å². The Hall–Kier alpha value is -3.47. The topological polar surface area (TPSA) is 62.3 Å². The molecule has 0 saturated carbocycles. The highest BCUT2D eigenvalue weighted by Gasteiger charge is 2.13. The van der Waals surface area contributed by atoms with E-state index in [4.69, 9.17) is 0 Å². The van der Waals surface area contributed by atoms with Gasteiger partial charge in [0.25, 0.3) is 11.8 Å². The van der Waals surface area contributed by atoms with Crippen LogP contribution in [0.5, 0.6) is 0 Å². The van der Waals surface area contributed by atoms with Gasteiger partial charge in [-0.1, -0.05) is 30.3 Å². The SMILES string of the molecule is CN(CCc1ccncc1)C(=O)c1ccc(C(=O)NCc2ccccc2)cc1. The molecule has 1 aromatic heterocycles. The number of benzene rings is 2. The summed E-state index contributed by atoms with van der Waals surface area (Å²) in [5.74, 6) is -0.223. The van der Waals surface area contributed by atoms with Gasteiger partial charge in [0.2, 0.25) is 0 Å². The fourth-order valence-corrected chi connectivity index (χ4v) is 2.81. The maximum absolute atomic E-state index is 12.6. The first kappa shape index (κ1) is 19.3. The van der Waals surface area contributed by atoms with Crippen LogP contribution in [0, 0.1) is 0 Å². The van der Waals surface area contributed by atoms with Crippen LogP contribution in [0.1, 0.15) is 31.8 Å². The van der Waals surface area contributed by atoms with Crippen molar-refractivity contribution in [3.8, 4) is 0 Å². The van der Waals surface area contributed by atoms with Gasteiger partial charge >= 0.3 is 0 Å². The van der Waals surface area contributed by atoms with Gasteiger partial charge in [0.15, 0.2) is 0 Å². The molecule has 0 aliphatic carbocycles. The number of rotatable bonds is 7. The van der Waals surface area contributed by atoms with Crippen molar-refractivity contribution >= 4 is 11.8 Å². The summed E-state index contributed by atoms with van der Waals surface area (Å²) in [5.41, 5.74) is 3.28. The fraction of sp³-hybridized carbons (Fsp3) is 0.174. The lowest BCUT2D eigenvalue weighted by molar-refractivity contribution is 0.0795. The molecule has 0 unspecified atom stereocenters. The molecule has 5 heteroatoms. The number of nitrogens with zero attached hydrogens (tertiary/aromatic N) is 2. The number of hydrogen-bond acceptors (Lipinski definition) is 3. The zero-order chi connectivity index (χ0) is 19.8. The summed E-state index contributed by atoms with van der Waals surface area (Å²) in [6, 6.07) is 20.4. The summed E-state index contributed by atoms with van der Waals surface area (Å²) in [4.78, 5) is 30.5. The quantitative estimate of drug-likeness (QED) is 0.691. The van der Waals surface area contributed by atoms with Crippen LogP contribution in [0.3, 0.4) is 0 Å². The third kappa shape index (κ3) is 5.27. The Morgan fingerprint density at radius 2 is 1.50 bits per heavy atom. The molecule has 0 atom stereocenters. The molecular formula is C23H23N3O2. The van der Waals surface area contributed by atoms with Crippen LogP contribution in [0.4, 0.5) is 0 Å². The molecule has 142 valence electrons. The van der Waals surface area contributed by atoms with Crippen LogP contribution >= 0.6 is 0 Å². The van der Waals surface area contributed by atoms with E-state index in [-0.39, 0.29) is 11.8 Å². The van der Waals surface area contributed by atoms with Crippen LogP contribution in [0.25, 0.3) is 0 Å². The number of carbonyl (C=O) groups excluding carboxylic acids is 2. The zero-order valence-electron chi connectivity index (χ0n) is 15.8. The molecule has 3 rings (SSSR count). The van der Waals surface area contributed by atoms with Crippen molar-refractivity contribution < 1.29 is 9.59 Å². The predicted octanol–water partition coefficient (Wildman–Crippen LogP) is 3.33. The molecule has 0 aliphatic rings. The minimum atomic E-state index is -0.158. The molecule has 1 heterocycles. The van der Waals surface area contributed by atoms with Crippen molar-refractivity contribution in [1.82, 2.24) is 15.2 Å². The lowest BCUT2D eigenvalue weighted by Crippen LogP contribution is -2.29. The molecule has 0 radical (unpaired) electrons. The average molecular weight is 373 g/mol. The summed E-state index contributed by atoms with van der Waals surface area (Å²) < 4.78 is 0. The lowest BCUT2D eigenvalue weighted by atomic mass is 10.1. The molecule has 0 saturated heterocycles. The minimum Gasteiger partial charge on any atom is -0.348 e. The molecule has 5 nitrogen and oxygen atoms in total. The number of hydrogen-bond donors (Lipinski definition) is 1. The number of likely N-dealkylation sites (N-methyl/N-ethyl adjacent to an activating group) is 1. The maximum Gasteiger partial charge on any atom is 0.253 e. The van der Waals surface area contributed by atoms with Crippen LogP contribution in [0.15, 0.2) is 79.1 Å². The standard InChI is InChI=1S/C23H23N3O2/c1-26(16-13-18-11-14-24-15-12-18)23(28)21-9-7-20(8-10-21)22(27)25-17-19-5-3-2-4-6-19/h2-12,14-15H,13,16-17H2,1H3,(H,25,27). The van der Waals surface area contributed by atoms with E-state index in [9.17, 15) is 9.59 Å². The van der Waals surface area contributed by atoms with Gasteiger partial charge in [0, 0.05) is 43.7 Å². The summed E-state index contributed by atoms with van der Waals surface area (Å²) in [7, 11) is 1.78. The van der Waals surface area contributed by atoms with Gasteiger partial charge < -0.3 is 10.2 Å². The van der Waals surface area contributed by atoms with E-state index in [0.717, 1.165) is 17.5 Å². The smallest absolute Gasteiger partial charge is 0.253 e. The van der Waals surface area contributed by atoms with E-state index in [1.165, 1.54) is 0 Å². The fourth-order valence-electron chi connectivity index (χ4n) is 2.81. The van der Waals surface area contributed by atoms with E-state index in [2.05, 4.69) is 10.3 Å². The first-order valence-corrected chi connectivity index (χ1v) is 9.20. The third-order valence-electron chi connectivity index (χ3n) is 4.52. The summed E-state index contributed by atoms with van der Waals surface area (Å²) in [6.07, 6.45) is 4.27. The molecule has 0 aliphatic heterocycles. The number of aromatic nitrogens is 1. The first-order valence-electron chi connectivity index (χ1n) is 9.20. The molecule has 0 spiro atoms. The molecular weight excluding hydrogens is 350 g/mol. The van der Waals surface area contributed by atoms with E-state index in [1.807, 2.05) is 42.5 Å². The zero-order valence-corrected chi connectivity index (χ0v) is 15.8. The van der Waals surface area contributed by atoms with Gasteiger partial charge in [-0.25, -0.2) is 0 Å². The summed E-state index contributed by atoms with van der Waals surface area (Å²) >= 11 is 0. The van der Waals surface area contributed by atoms with Crippen LogP contribution in [-0.4, -0.2) is 35.3 Å². The normalized spacial score (nSPS) is 10.3. The Bertz CT molecular complexity index is 910. The van der Waals surface area contributed by atoms with Crippen molar-refractivity contribution in [2.45, 2.75) is 13.0 Å². The monoisotopic (exact) mass is 373 g/mol. The van der Waals surface area contributed by atoms with Crippen molar-refractivity contribution in [2.75, 3.05) is 13.6 Å². The van der Waals surface area contributed by atoms with Gasteiger partial charge in [0.05, 0.1) is 0 Å². The molecule has 0 fully saturated rings. The Kier molecular flexibility index (Phi) is 6.52. The van der Waals surface area contributed by atoms with Gasteiger partial charge in [-0.15, -0.1) is 0 Å². The molecule has 0 bridgehead atoms. The van der Waals surface area contributed by atoms with E-state index in [1.54, 1.807) is 48.6 Å². The maximum atomic E-state index is 12.6. The van der Waals surface area contributed by atoms with Crippen molar-refractivity contribution in [2.24, 2.45) is 0 Å². The average Bonchev–Trinajstić information content (AvgIpc) is 2.77. The second-order valence-electron chi connectivity index (χ2n) is 6.58. The number of nitrogens with one attached hydrogen (secondary N) is 1. The summed E-state index contributed by atoms with van der Waals surface area (Å²) in [5, 5.41) is 2.89. The van der Waals surface area contributed by atoms with Crippen molar-refractivity contribution in [3.63, 3.8) is 0 Å². The second kappa shape index (κ2) is 9.46. The Balaban J connectivity index is 1.53.